The van der Waals surface area contributed by atoms with Gasteiger partial charge in [-0.15, -0.1) is 0 Å². The number of fused-ring (bicyclic) bond motifs is 6. The van der Waals surface area contributed by atoms with Crippen LogP contribution in [0.5, 0.6) is 0 Å². The molecular formula is C32H31ClN8O. The normalized spacial score (nSPS) is 14.7. The Bertz CT molecular complexity index is 1680. The van der Waals surface area contributed by atoms with Gasteiger partial charge in [0.15, 0.2) is 5.82 Å². The lowest BCUT2D eigenvalue weighted by Gasteiger charge is -2.34. The average Bonchev–Trinajstić information content (AvgIpc) is 2.99. The molecule has 3 N–H and O–H groups in total. The fourth-order valence-corrected chi connectivity index (χ4v) is 5.79. The van der Waals surface area contributed by atoms with Gasteiger partial charge in [0.05, 0.1) is 29.3 Å². The summed E-state index contributed by atoms with van der Waals surface area (Å²) in [5.74, 6) is 1.20. The molecule has 2 aromatic heterocycles. The van der Waals surface area contributed by atoms with Crippen LogP contribution in [0.1, 0.15) is 41.5 Å². The summed E-state index contributed by atoms with van der Waals surface area (Å²) in [5, 5.41) is 19.7. The fourth-order valence-electron chi connectivity index (χ4n) is 5.66. The maximum Gasteiger partial charge on any atom is 0.229 e. The Kier molecular flexibility index (Phi) is 7.89. The lowest BCUT2D eigenvalue weighted by atomic mass is 9.92. The first-order valence-corrected chi connectivity index (χ1v) is 14.5. The number of aromatic nitrogens is 3. The Morgan fingerprint density at radius 3 is 2.79 bits per heavy atom. The van der Waals surface area contributed by atoms with Crippen LogP contribution in [0.3, 0.4) is 0 Å². The molecule has 0 atom stereocenters. The number of piperidine rings is 1. The predicted octanol–water partition coefficient (Wildman–Crippen LogP) is 6.54. The van der Waals surface area contributed by atoms with Gasteiger partial charge in [0.1, 0.15) is 11.1 Å². The highest BCUT2D eigenvalue weighted by molar-refractivity contribution is 6.32. The van der Waals surface area contributed by atoms with Crippen molar-refractivity contribution in [2.75, 3.05) is 33.9 Å². The number of hydrogen-bond donors (Lipinski definition) is 3. The van der Waals surface area contributed by atoms with Gasteiger partial charge in [-0.25, -0.2) is 4.98 Å². The van der Waals surface area contributed by atoms with E-state index < -0.39 is 0 Å². The first kappa shape index (κ1) is 27.5. The molecule has 1 saturated heterocycles. The molecule has 1 fully saturated rings. The highest BCUT2D eigenvalue weighted by Gasteiger charge is 2.24. The van der Waals surface area contributed by atoms with Crippen LogP contribution >= 0.6 is 11.6 Å². The molecule has 0 spiro atoms. The van der Waals surface area contributed by atoms with Crippen LogP contribution in [0.25, 0.3) is 0 Å². The minimum Gasteiger partial charge on any atom is -0.370 e. The number of nitrogens with one attached hydrogen (secondary N) is 3. The second kappa shape index (κ2) is 12.0. The minimum atomic E-state index is 0.0120. The molecule has 2 aliphatic rings. The zero-order valence-corrected chi connectivity index (χ0v) is 24.1. The van der Waals surface area contributed by atoms with Gasteiger partial charge in [-0.3, -0.25) is 9.78 Å². The molecule has 6 bridgehead atoms. The van der Waals surface area contributed by atoms with Crippen LogP contribution in [-0.4, -0.2) is 33.9 Å². The molecule has 1 amide bonds. The van der Waals surface area contributed by atoms with E-state index >= 15 is 0 Å². The zero-order chi connectivity index (χ0) is 29.1. The van der Waals surface area contributed by atoms with E-state index in [-0.39, 0.29) is 11.8 Å². The average molecular weight is 579 g/mol. The second-order valence-corrected chi connectivity index (χ2v) is 11.3. The third kappa shape index (κ3) is 6.14. The smallest absolute Gasteiger partial charge is 0.229 e. The van der Waals surface area contributed by atoms with E-state index in [1.54, 1.807) is 12.4 Å². The molecule has 9 nitrogen and oxygen atoms in total. The molecule has 4 aromatic rings. The molecule has 0 radical (unpaired) electrons. The van der Waals surface area contributed by atoms with Crippen molar-refractivity contribution in [2.24, 2.45) is 5.92 Å². The standard InChI is InChI=1S/C32H31ClN8O/c1-20-3-2-4-29(26(20)16-34)41-11-9-21(10-12-41)14-30(42)39-28-8-7-24-15-23(28)6-5-22-13-25(18-35-17-22)38-32-36-19-27(33)31(37-24)40-32/h2-4,7-8,13,15,17-19,21H,5-6,9-12,14H2,1H3,(H,39,42)(H2,36,37,38,40). The first-order valence-electron chi connectivity index (χ1n) is 14.1. The number of hydrogen-bond acceptors (Lipinski definition) is 8. The summed E-state index contributed by atoms with van der Waals surface area (Å²) < 4.78 is 0. The second-order valence-electron chi connectivity index (χ2n) is 10.9. The fraction of sp³-hybridized carbons (Fsp3) is 0.281. The van der Waals surface area contributed by atoms with E-state index in [0.717, 1.165) is 77.4 Å². The Balaban J connectivity index is 1.16. The number of rotatable bonds is 4. The van der Waals surface area contributed by atoms with Crippen molar-refractivity contribution >= 4 is 52.0 Å². The number of carbonyl (C=O) groups excluding carboxylic acids is 1. The summed E-state index contributed by atoms with van der Waals surface area (Å²) in [6.45, 7) is 3.63. The zero-order valence-electron chi connectivity index (χ0n) is 23.3. The number of halogens is 1. The number of nitrogens with zero attached hydrogens (tertiary/aromatic N) is 5. The van der Waals surface area contributed by atoms with Gasteiger partial charge < -0.3 is 20.9 Å². The molecular weight excluding hydrogens is 548 g/mol. The Labute approximate surface area is 250 Å². The van der Waals surface area contributed by atoms with E-state index in [0.29, 0.717) is 29.6 Å². The highest BCUT2D eigenvalue weighted by Crippen LogP contribution is 2.31. The van der Waals surface area contributed by atoms with Crippen LogP contribution in [-0.2, 0) is 17.6 Å². The summed E-state index contributed by atoms with van der Waals surface area (Å²) in [6.07, 6.45) is 8.86. The van der Waals surface area contributed by atoms with Gasteiger partial charge in [0.2, 0.25) is 11.9 Å². The van der Waals surface area contributed by atoms with Gasteiger partial charge in [0, 0.05) is 37.1 Å². The predicted molar refractivity (Wildman–Crippen MR) is 166 cm³/mol. The molecule has 0 unspecified atom stereocenters. The van der Waals surface area contributed by atoms with E-state index in [2.05, 4.69) is 41.9 Å². The van der Waals surface area contributed by atoms with Crippen LogP contribution in [0.15, 0.2) is 61.1 Å². The van der Waals surface area contributed by atoms with Crippen LogP contribution < -0.4 is 20.9 Å². The van der Waals surface area contributed by atoms with Crippen molar-refractivity contribution in [1.82, 2.24) is 15.0 Å². The van der Waals surface area contributed by atoms with Crippen molar-refractivity contribution in [2.45, 2.75) is 39.0 Å². The summed E-state index contributed by atoms with van der Waals surface area (Å²) in [7, 11) is 0. The highest BCUT2D eigenvalue weighted by atomic mass is 35.5. The Hall–Kier alpha value is -4.68. The largest absolute Gasteiger partial charge is 0.370 e. The number of benzene rings is 2. The van der Waals surface area contributed by atoms with Gasteiger partial charge in [-0.1, -0.05) is 23.7 Å². The van der Waals surface area contributed by atoms with Crippen molar-refractivity contribution in [3.63, 3.8) is 0 Å². The number of anilines is 6. The Morgan fingerprint density at radius 2 is 1.95 bits per heavy atom. The number of amides is 1. The molecule has 0 aliphatic carbocycles. The van der Waals surface area contributed by atoms with Crippen LogP contribution in [0, 0.1) is 24.2 Å². The van der Waals surface area contributed by atoms with Gasteiger partial charge in [-0.05, 0) is 85.5 Å². The van der Waals surface area contributed by atoms with Crippen LogP contribution in [0.4, 0.5) is 34.5 Å². The summed E-state index contributed by atoms with van der Waals surface area (Å²) >= 11 is 6.39. The van der Waals surface area contributed by atoms with E-state index in [4.69, 9.17) is 11.6 Å². The summed E-state index contributed by atoms with van der Waals surface area (Å²) in [6, 6.07) is 16.3. The first-order chi connectivity index (χ1) is 20.4. The maximum absolute atomic E-state index is 13.2. The lowest BCUT2D eigenvalue weighted by Crippen LogP contribution is -2.35. The van der Waals surface area contributed by atoms with Gasteiger partial charge >= 0.3 is 0 Å². The molecule has 212 valence electrons. The lowest BCUT2D eigenvalue weighted by molar-refractivity contribution is -0.117. The number of aryl methyl sites for hydroxylation is 3. The number of carbonyl (C=O) groups is 1. The van der Waals surface area contributed by atoms with Crippen molar-refractivity contribution in [1.29, 1.82) is 5.26 Å². The molecule has 6 rings (SSSR count). The number of pyridine rings is 1. The Morgan fingerprint density at radius 1 is 1.10 bits per heavy atom. The SMILES string of the molecule is Cc1cccc(N2CCC(CC(=O)Nc3ccc4cc3CCc3cncc(c3)Nc3ncc(Cl)c(n3)N4)CC2)c1C#N. The quantitative estimate of drug-likeness (QED) is 0.250. The maximum atomic E-state index is 13.2. The van der Waals surface area contributed by atoms with Crippen LogP contribution in [0.2, 0.25) is 5.02 Å². The van der Waals surface area contributed by atoms with E-state index in [1.165, 1.54) is 0 Å². The minimum absolute atomic E-state index is 0.0120. The number of nitriles is 1. The van der Waals surface area contributed by atoms with Crippen molar-refractivity contribution in [3.8, 4) is 6.07 Å². The summed E-state index contributed by atoms with van der Waals surface area (Å²) in [5.41, 5.74) is 7.20. The van der Waals surface area contributed by atoms with E-state index in [9.17, 15) is 10.1 Å². The van der Waals surface area contributed by atoms with E-state index in [1.807, 2.05) is 55.6 Å². The molecule has 2 aromatic carbocycles. The topological polar surface area (TPSA) is 119 Å². The summed E-state index contributed by atoms with van der Waals surface area (Å²) in [4.78, 5) is 28.7. The van der Waals surface area contributed by atoms with Gasteiger partial charge in [-0.2, -0.15) is 10.2 Å². The third-order valence-corrected chi connectivity index (χ3v) is 8.19. The molecule has 10 heteroatoms. The molecule has 42 heavy (non-hydrogen) atoms. The van der Waals surface area contributed by atoms with Gasteiger partial charge in [0.25, 0.3) is 0 Å². The molecule has 2 aliphatic heterocycles. The molecule has 4 heterocycles. The third-order valence-electron chi connectivity index (χ3n) is 7.91. The van der Waals surface area contributed by atoms with Crippen molar-refractivity contribution in [3.05, 3.63) is 88.3 Å². The molecule has 0 saturated carbocycles. The van der Waals surface area contributed by atoms with Crippen molar-refractivity contribution < 1.29 is 4.79 Å². The monoisotopic (exact) mass is 578 g/mol.